The lowest BCUT2D eigenvalue weighted by molar-refractivity contribution is -0.126. The number of amides is 1. The van der Waals surface area contributed by atoms with Crippen LogP contribution in [0.15, 0.2) is 53.8 Å². The first-order chi connectivity index (χ1) is 20.8. The first-order valence-corrected chi connectivity index (χ1v) is 17.2. The first kappa shape index (κ1) is 31.4. The maximum absolute atomic E-state index is 15.1. The molecule has 12 heteroatoms. The van der Waals surface area contributed by atoms with E-state index < -0.39 is 18.6 Å². The Morgan fingerprint density at radius 1 is 1.23 bits per heavy atom. The van der Waals surface area contributed by atoms with Crippen molar-refractivity contribution in [3.05, 3.63) is 81.5 Å². The number of hydrogen-bond acceptors (Lipinski definition) is 7. The lowest BCUT2D eigenvalue weighted by Crippen LogP contribution is -2.54. The Morgan fingerprint density at radius 3 is 2.57 bits per heavy atom. The van der Waals surface area contributed by atoms with E-state index in [9.17, 15) is 19.3 Å². The van der Waals surface area contributed by atoms with Crippen LogP contribution in [0.25, 0.3) is 28.0 Å². The molecule has 3 heterocycles. The number of hydrogen-bond donors (Lipinski definition) is 1. The van der Waals surface area contributed by atoms with Crippen molar-refractivity contribution in [3.63, 3.8) is 0 Å². The summed E-state index contributed by atoms with van der Waals surface area (Å²) in [5.41, 5.74) is 1.31. The van der Waals surface area contributed by atoms with Crippen molar-refractivity contribution in [3.8, 4) is 22.7 Å². The molecule has 1 aliphatic heterocycles. The number of piperazine rings is 1. The SMILES string of the molecule is C=CC(=O)N1CCN(c2nc(=O)n(-c3c(C)cc(P(C)(C)=O)cc3CC)c3nc(-c4c(O)cccc4F)c(Cl)cc23)[C@@H](C)C1. The number of carbonyl (C=O) groups excluding carboxylic acids is 1. The molecule has 0 bridgehead atoms. The van der Waals surface area contributed by atoms with Crippen LogP contribution < -0.4 is 15.9 Å². The van der Waals surface area contributed by atoms with Gasteiger partial charge in [-0.1, -0.05) is 31.2 Å². The average molecular weight is 638 g/mol. The molecule has 0 radical (unpaired) electrons. The van der Waals surface area contributed by atoms with Gasteiger partial charge in [0.15, 0.2) is 5.65 Å². The van der Waals surface area contributed by atoms with E-state index in [1.165, 1.54) is 28.8 Å². The summed E-state index contributed by atoms with van der Waals surface area (Å²) in [4.78, 5) is 39.3. The van der Waals surface area contributed by atoms with Crippen molar-refractivity contribution < 1.29 is 18.9 Å². The minimum atomic E-state index is -2.62. The van der Waals surface area contributed by atoms with Crippen molar-refractivity contribution in [1.82, 2.24) is 19.4 Å². The molecular formula is C32H34ClFN5O4P. The molecule has 0 unspecified atom stereocenters. The van der Waals surface area contributed by atoms with E-state index in [0.717, 1.165) is 5.56 Å². The van der Waals surface area contributed by atoms with Gasteiger partial charge in [0.05, 0.1) is 27.4 Å². The van der Waals surface area contributed by atoms with E-state index in [4.69, 9.17) is 16.6 Å². The topological polar surface area (TPSA) is 109 Å². The van der Waals surface area contributed by atoms with Gasteiger partial charge < -0.3 is 19.5 Å². The maximum Gasteiger partial charge on any atom is 0.355 e. The number of fused-ring (bicyclic) bond motifs is 1. The van der Waals surface area contributed by atoms with Gasteiger partial charge in [-0.05, 0) is 81.1 Å². The summed E-state index contributed by atoms with van der Waals surface area (Å²) < 4.78 is 29.5. The molecule has 230 valence electrons. The van der Waals surface area contributed by atoms with Crippen molar-refractivity contribution in [2.24, 2.45) is 0 Å². The molecule has 2 aromatic heterocycles. The number of pyridine rings is 1. The van der Waals surface area contributed by atoms with Gasteiger partial charge in [0.2, 0.25) is 5.91 Å². The average Bonchev–Trinajstić information content (AvgIpc) is 2.96. The third kappa shape index (κ3) is 5.53. The Morgan fingerprint density at radius 2 is 1.95 bits per heavy atom. The van der Waals surface area contributed by atoms with Gasteiger partial charge in [-0.25, -0.2) is 18.7 Å². The van der Waals surface area contributed by atoms with E-state index >= 15 is 4.39 Å². The van der Waals surface area contributed by atoms with Crippen LogP contribution in [0.1, 0.15) is 25.0 Å². The zero-order valence-corrected chi connectivity index (χ0v) is 26.9. The van der Waals surface area contributed by atoms with Crippen LogP contribution in [0.3, 0.4) is 0 Å². The maximum atomic E-state index is 15.1. The number of carbonyl (C=O) groups is 1. The minimum Gasteiger partial charge on any atom is -0.507 e. The second-order valence-corrected chi connectivity index (χ2v) is 15.0. The molecule has 1 N–H and O–H groups in total. The van der Waals surface area contributed by atoms with Gasteiger partial charge in [0.25, 0.3) is 0 Å². The fraction of sp³-hybridized carbons (Fsp3) is 0.312. The van der Waals surface area contributed by atoms with E-state index in [2.05, 4.69) is 11.6 Å². The molecule has 1 atom stereocenters. The van der Waals surface area contributed by atoms with Crippen molar-refractivity contribution in [2.75, 3.05) is 37.9 Å². The van der Waals surface area contributed by atoms with Gasteiger partial charge in [0, 0.05) is 31.0 Å². The lowest BCUT2D eigenvalue weighted by atomic mass is 10.0. The summed E-state index contributed by atoms with van der Waals surface area (Å²) in [6.45, 7) is 13.8. The molecule has 0 saturated carbocycles. The second kappa shape index (κ2) is 11.8. The highest BCUT2D eigenvalue weighted by Crippen LogP contribution is 2.40. The van der Waals surface area contributed by atoms with Gasteiger partial charge >= 0.3 is 5.69 Å². The van der Waals surface area contributed by atoms with E-state index in [1.54, 1.807) is 30.4 Å². The first-order valence-electron chi connectivity index (χ1n) is 14.2. The predicted molar refractivity (Wildman–Crippen MR) is 174 cm³/mol. The molecule has 0 aliphatic carbocycles. The van der Waals surface area contributed by atoms with Crippen LogP contribution in [-0.4, -0.2) is 69.5 Å². The third-order valence-electron chi connectivity index (χ3n) is 8.01. The smallest absolute Gasteiger partial charge is 0.355 e. The summed E-state index contributed by atoms with van der Waals surface area (Å²) in [6, 6.07) is 8.91. The second-order valence-electron chi connectivity index (χ2n) is 11.4. The Bertz CT molecular complexity index is 1920. The van der Waals surface area contributed by atoms with E-state index in [-0.39, 0.29) is 39.6 Å². The minimum absolute atomic E-state index is 0.0338. The highest BCUT2D eigenvalue weighted by Gasteiger charge is 2.31. The van der Waals surface area contributed by atoms with Crippen LogP contribution in [-0.2, 0) is 15.8 Å². The number of rotatable bonds is 6. The Kier molecular flexibility index (Phi) is 8.44. The Balaban J connectivity index is 1.84. The third-order valence-corrected chi connectivity index (χ3v) is 9.80. The van der Waals surface area contributed by atoms with Crippen LogP contribution >= 0.6 is 18.7 Å². The number of benzene rings is 2. The molecule has 9 nitrogen and oxygen atoms in total. The van der Waals surface area contributed by atoms with Crippen LogP contribution in [0.5, 0.6) is 5.75 Å². The van der Waals surface area contributed by atoms with Crippen LogP contribution in [0, 0.1) is 12.7 Å². The number of nitrogens with zero attached hydrogens (tertiary/aromatic N) is 5. The molecule has 1 fully saturated rings. The number of phenolic OH excluding ortho intramolecular Hbond substituents is 1. The molecule has 1 amide bonds. The Hall–Kier alpha value is -4.01. The molecule has 5 rings (SSSR count). The highest BCUT2D eigenvalue weighted by molar-refractivity contribution is 7.70. The fourth-order valence-corrected chi connectivity index (χ4v) is 7.00. The summed E-state index contributed by atoms with van der Waals surface area (Å²) in [7, 11) is -2.62. The Labute approximate surface area is 260 Å². The number of phenols is 1. The number of aryl methyl sites for hydroxylation is 2. The number of halogens is 2. The summed E-state index contributed by atoms with van der Waals surface area (Å²) in [5.74, 6) is -0.930. The number of aromatic hydroxyl groups is 1. The standard InChI is InChI=1S/C32H34ClFN5O4P/c1-7-20-15-21(44(5,6)43)14-18(3)29(20)39-31-22(16-23(33)28(35-31)27-24(34)10-9-11-25(27)40)30(36-32(39)42)38-13-12-37(17-19(38)4)26(41)8-2/h8-11,14-16,19,40H,2,7,12-13,17H2,1,3-6H3/t19-/m0/s1. The predicted octanol–water partition coefficient (Wildman–Crippen LogP) is 5.29. The molecule has 4 aromatic rings. The monoisotopic (exact) mass is 637 g/mol. The summed E-state index contributed by atoms with van der Waals surface area (Å²) >= 11 is 6.74. The van der Waals surface area contributed by atoms with E-state index in [0.29, 0.717) is 53.8 Å². The van der Waals surface area contributed by atoms with Crippen molar-refractivity contribution in [2.45, 2.75) is 33.2 Å². The molecule has 1 aliphatic rings. The summed E-state index contributed by atoms with van der Waals surface area (Å²) in [5, 5.41) is 11.8. The van der Waals surface area contributed by atoms with Crippen LogP contribution in [0.4, 0.5) is 10.2 Å². The van der Waals surface area contributed by atoms with Crippen LogP contribution in [0.2, 0.25) is 5.02 Å². The van der Waals surface area contributed by atoms with Gasteiger partial charge in [-0.3, -0.25) is 4.79 Å². The lowest BCUT2D eigenvalue weighted by Gasteiger charge is -2.40. The fourth-order valence-electron chi connectivity index (χ4n) is 5.78. The zero-order chi connectivity index (χ0) is 32.1. The van der Waals surface area contributed by atoms with Gasteiger partial charge in [-0.15, -0.1) is 0 Å². The van der Waals surface area contributed by atoms with Gasteiger partial charge in [-0.2, -0.15) is 4.98 Å². The molecule has 1 saturated heterocycles. The normalized spacial score (nSPS) is 15.6. The molecule has 0 spiro atoms. The molecular weight excluding hydrogens is 604 g/mol. The zero-order valence-electron chi connectivity index (χ0n) is 25.3. The molecule has 2 aromatic carbocycles. The van der Waals surface area contributed by atoms with Crippen molar-refractivity contribution in [1.29, 1.82) is 0 Å². The van der Waals surface area contributed by atoms with Crippen molar-refractivity contribution >= 4 is 46.8 Å². The highest BCUT2D eigenvalue weighted by atomic mass is 35.5. The number of anilines is 1. The van der Waals surface area contributed by atoms with E-state index in [1.807, 2.05) is 31.7 Å². The summed E-state index contributed by atoms with van der Waals surface area (Å²) in [6.07, 6.45) is 1.79. The number of aromatic nitrogens is 3. The quantitative estimate of drug-likeness (QED) is 0.226. The van der Waals surface area contributed by atoms with Gasteiger partial charge in [0.1, 0.15) is 24.5 Å². The molecule has 44 heavy (non-hydrogen) atoms. The largest absolute Gasteiger partial charge is 0.507 e.